The van der Waals surface area contributed by atoms with Crippen molar-refractivity contribution < 1.29 is 0 Å². The largest absolute Gasteiger partial charge is 0.0654 e. The molecule has 1 aliphatic rings. The van der Waals surface area contributed by atoms with Crippen molar-refractivity contribution in [2.75, 3.05) is 0 Å². The van der Waals surface area contributed by atoms with Crippen molar-refractivity contribution in [1.29, 1.82) is 0 Å². The predicted molar refractivity (Wildman–Crippen MR) is 111 cm³/mol. The Hall–Kier alpha value is 0. The smallest absolute Gasteiger partial charge is 0.0412 e. The predicted octanol–water partition coefficient (Wildman–Crippen LogP) is 8.93. The highest BCUT2D eigenvalue weighted by atomic mass is 14.3. The lowest BCUT2D eigenvalue weighted by Gasteiger charge is -2.32. The van der Waals surface area contributed by atoms with Gasteiger partial charge in [0.25, 0.3) is 0 Å². The van der Waals surface area contributed by atoms with E-state index in [0.29, 0.717) is 0 Å². The molecule has 0 aromatic heterocycles. The van der Waals surface area contributed by atoms with Crippen molar-refractivity contribution in [2.24, 2.45) is 17.8 Å². The average Bonchev–Trinajstić information content (AvgIpc) is 2.58. The van der Waals surface area contributed by atoms with Crippen molar-refractivity contribution >= 4 is 0 Å². The standard InChI is InChI=1S/C24H48/c1-4-5-6-7-8-9-10-11-12-13-14-15-16-17-18-24-20-19-22(2)23(3)21-24/h22-24H,4-21H2,1-3H3. The van der Waals surface area contributed by atoms with E-state index in [-0.39, 0.29) is 0 Å². The van der Waals surface area contributed by atoms with Crippen LogP contribution in [0.1, 0.15) is 136 Å². The molecule has 144 valence electrons. The van der Waals surface area contributed by atoms with Gasteiger partial charge >= 0.3 is 0 Å². The first-order valence-corrected chi connectivity index (χ1v) is 11.7. The molecule has 0 heterocycles. The van der Waals surface area contributed by atoms with E-state index in [0.717, 1.165) is 17.8 Å². The summed E-state index contributed by atoms with van der Waals surface area (Å²) in [5.41, 5.74) is 0. The lowest BCUT2D eigenvalue weighted by molar-refractivity contribution is 0.197. The molecular formula is C24H48. The van der Waals surface area contributed by atoms with Crippen molar-refractivity contribution in [3.05, 3.63) is 0 Å². The van der Waals surface area contributed by atoms with E-state index in [1.165, 1.54) is 116 Å². The maximum absolute atomic E-state index is 2.47. The van der Waals surface area contributed by atoms with Crippen molar-refractivity contribution in [3.63, 3.8) is 0 Å². The summed E-state index contributed by atoms with van der Waals surface area (Å²) < 4.78 is 0. The fraction of sp³-hybridized carbons (Fsp3) is 1.00. The van der Waals surface area contributed by atoms with E-state index in [1.807, 2.05) is 0 Å². The third kappa shape index (κ3) is 11.5. The fourth-order valence-electron chi connectivity index (χ4n) is 4.55. The summed E-state index contributed by atoms with van der Waals surface area (Å²) in [7, 11) is 0. The lowest BCUT2D eigenvalue weighted by Crippen LogP contribution is -2.20. The molecule has 0 amide bonds. The summed E-state index contributed by atoms with van der Waals surface area (Å²) in [6.45, 7) is 7.23. The monoisotopic (exact) mass is 336 g/mol. The van der Waals surface area contributed by atoms with Gasteiger partial charge in [0.2, 0.25) is 0 Å². The quantitative estimate of drug-likeness (QED) is 0.262. The van der Waals surface area contributed by atoms with Crippen LogP contribution in [-0.4, -0.2) is 0 Å². The zero-order valence-corrected chi connectivity index (χ0v) is 17.5. The van der Waals surface area contributed by atoms with Crippen LogP contribution in [0.3, 0.4) is 0 Å². The minimum Gasteiger partial charge on any atom is -0.0654 e. The zero-order chi connectivity index (χ0) is 17.5. The van der Waals surface area contributed by atoms with Crippen LogP contribution >= 0.6 is 0 Å². The van der Waals surface area contributed by atoms with E-state index < -0.39 is 0 Å². The second-order valence-electron chi connectivity index (χ2n) is 9.02. The topological polar surface area (TPSA) is 0 Å². The normalized spacial score (nSPS) is 24.4. The third-order valence-electron chi connectivity index (χ3n) is 6.67. The van der Waals surface area contributed by atoms with Crippen LogP contribution < -0.4 is 0 Å². The number of hydrogen-bond donors (Lipinski definition) is 0. The summed E-state index contributed by atoms with van der Waals surface area (Å²) >= 11 is 0. The minimum atomic E-state index is 0.982. The summed E-state index contributed by atoms with van der Waals surface area (Å²) in [6.07, 6.45) is 26.7. The van der Waals surface area contributed by atoms with Crippen LogP contribution in [0.4, 0.5) is 0 Å². The molecule has 1 aliphatic carbocycles. The Bertz CT molecular complexity index is 257. The molecule has 0 nitrogen and oxygen atoms in total. The Kier molecular flexibility index (Phi) is 14.0. The Morgan fingerprint density at radius 2 is 1.00 bits per heavy atom. The van der Waals surface area contributed by atoms with Gasteiger partial charge in [-0.1, -0.05) is 130 Å². The Balaban J connectivity index is 1.75. The van der Waals surface area contributed by atoms with E-state index in [1.54, 1.807) is 0 Å². The van der Waals surface area contributed by atoms with E-state index in [9.17, 15) is 0 Å². The molecule has 0 bridgehead atoms. The Morgan fingerprint density at radius 3 is 1.46 bits per heavy atom. The molecule has 0 aromatic carbocycles. The van der Waals surface area contributed by atoms with E-state index in [4.69, 9.17) is 0 Å². The van der Waals surface area contributed by atoms with Gasteiger partial charge < -0.3 is 0 Å². The molecule has 1 fully saturated rings. The molecule has 1 rings (SSSR count). The molecule has 0 aliphatic heterocycles. The van der Waals surface area contributed by atoms with Crippen molar-refractivity contribution in [1.82, 2.24) is 0 Å². The Labute approximate surface area is 154 Å². The van der Waals surface area contributed by atoms with Crippen molar-refractivity contribution in [2.45, 2.75) is 136 Å². The lowest BCUT2D eigenvalue weighted by atomic mass is 9.74. The second kappa shape index (κ2) is 15.3. The van der Waals surface area contributed by atoms with Crippen LogP contribution in [0.25, 0.3) is 0 Å². The zero-order valence-electron chi connectivity index (χ0n) is 17.5. The molecule has 1 saturated carbocycles. The van der Waals surface area contributed by atoms with Gasteiger partial charge in [-0.25, -0.2) is 0 Å². The van der Waals surface area contributed by atoms with Crippen LogP contribution in [0.15, 0.2) is 0 Å². The van der Waals surface area contributed by atoms with Crippen LogP contribution in [0.2, 0.25) is 0 Å². The van der Waals surface area contributed by atoms with E-state index in [2.05, 4.69) is 20.8 Å². The van der Waals surface area contributed by atoms with Gasteiger partial charge in [-0.05, 0) is 24.2 Å². The number of hydrogen-bond acceptors (Lipinski definition) is 0. The highest BCUT2D eigenvalue weighted by Gasteiger charge is 2.23. The molecular weight excluding hydrogens is 288 g/mol. The SMILES string of the molecule is CCCCCCCCCCCCCCCCC1CCC(C)C(C)C1. The Morgan fingerprint density at radius 1 is 0.542 bits per heavy atom. The summed E-state index contributed by atoms with van der Waals surface area (Å²) in [4.78, 5) is 0. The first-order valence-electron chi connectivity index (χ1n) is 11.7. The molecule has 0 saturated heterocycles. The molecule has 0 spiro atoms. The molecule has 0 aromatic rings. The molecule has 0 heteroatoms. The van der Waals surface area contributed by atoms with Gasteiger partial charge in [0.1, 0.15) is 0 Å². The molecule has 24 heavy (non-hydrogen) atoms. The van der Waals surface area contributed by atoms with Gasteiger partial charge in [-0.15, -0.1) is 0 Å². The first-order chi connectivity index (χ1) is 11.7. The maximum atomic E-state index is 2.47. The highest BCUT2D eigenvalue weighted by Crippen LogP contribution is 2.35. The molecule has 3 unspecified atom stereocenters. The van der Waals surface area contributed by atoms with Gasteiger partial charge in [-0.2, -0.15) is 0 Å². The molecule has 0 N–H and O–H groups in total. The number of rotatable bonds is 15. The van der Waals surface area contributed by atoms with Gasteiger partial charge in [0.05, 0.1) is 0 Å². The minimum absolute atomic E-state index is 0.982. The van der Waals surface area contributed by atoms with Crippen LogP contribution in [-0.2, 0) is 0 Å². The van der Waals surface area contributed by atoms with Gasteiger partial charge in [-0.3, -0.25) is 0 Å². The first kappa shape index (κ1) is 22.0. The summed E-state index contributed by atoms with van der Waals surface area (Å²) in [5, 5.41) is 0. The highest BCUT2D eigenvalue weighted by molar-refractivity contribution is 4.75. The summed E-state index contributed by atoms with van der Waals surface area (Å²) in [5.74, 6) is 3.03. The fourth-order valence-corrected chi connectivity index (χ4v) is 4.55. The second-order valence-corrected chi connectivity index (χ2v) is 9.02. The molecule has 0 radical (unpaired) electrons. The van der Waals surface area contributed by atoms with Crippen LogP contribution in [0.5, 0.6) is 0 Å². The van der Waals surface area contributed by atoms with Crippen molar-refractivity contribution in [3.8, 4) is 0 Å². The molecule has 3 atom stereocenters. The third-order valence-corrected chi connectivity index (χ3v) is 6.67. The van der Waals surface area contributed by atoms with Gasteiger partial charge in [0.15, 0.2) is 0 Å². The number of unbranched alkanes of at least 4 members (excludes halogenated alkanes) is 13. The van der Waals surface area contributed by atoms with E-state index >= 15 is 0 Å². The van der Waals surface area contributed by atoms with Gasteiger partial charge in [0, 0.05) is 0 Å². The van der Waals surface area contributed by atoms with Crippen LogP contribution in [0, 0.1) is 17.8 Å². The maximum Gasteiger partial charge on any atom is -0.0412 e. The summed E-state index contributed by atoms with van der Waals surface area (Å²) in [6, 6.07) is 0. The average molecular weight is 337 g/mol.